The fourth-order valence-corrected chi connectivity index (χ4v) is 2.25. The Labute approximate surface area is 126 Å². The van der Waals surface area contributed by atoms with Gasteiger partial charge in [0.15, 0.2) is 0 Å². The molecule has 0 spiro atoms. The number of halogens is 3. The number of alkyl halides is 2. The highest BCUT2D eigenvalue weighted by Gasteiger charge is 2.33. The van der Waals surface area contributed by atoms with Gasteiger partial charge in [0.05, 0.1) is 6.54 Å². The largest absolute Gasteiger partial charge is 0.290 e. The lowest BCUT2D eigenvalue weighted by Crippen LogP contribution is -2.32. The van der Waals surface area contributed by atoms with E-state index in [0.29, 0.717) is 0 Å². The fraction of sp³-hybridized carbons (Fsp3) is 0.333. The van der Waals surface area contributed by atoms with Gasteiger partial charge in [0.1, 0.15) is 11.0 Å². The number of benzene rings is 1. The zero-order chi connectivity index (χ0) is 15.6. The normalized spacial score (nSPS) is 11.9. The van der Waals surface area contributed by atoms with Crippen LogP contribution in [-0.2, 0) is 12.5 Å². The number of hydrogen-bond donors (Lipinski definition) is 0. The number of aromatic nitrogens is 2. The van der Waals surface area contributed by atoms with Crippen molar-refractivity contribution in [3.8, 4) is 0 Å². The number of hydrogen-bond acceptors (Lipinski definition) is 2. The summed E-state index contributed by atoms with van der Waals surface area (Å²) < 4.78 is 29.7. The average molecular weight is 313 g/mol. The van der Waals surface area contributed by atoms with Gasteiger partial charge in [-0.15, -0.1) is 0 Å². The zero-order valence-electron chi connectivity index (χ0n) is 11.7. The summed E-state index contributed by atoms with van der Waals surface area (Å²) in [5.41, 5.74) is -0.712. The van der Waals surface area contributed by atoms with E-state index in [0.717, 1.165) is 10.6 Å². The van der Waals surface area contributed by atoms with Crippen molar-refractivity contribution < 1.29 is 8.78 Å². The summed E-state index contributed by atoms with van der Waals surface area (Å²) in [6, 6.07) is 8.46. The maximum Gasteiger partial charge on any atom is 0.290 e. The smallest absolute Gasteiger partial charge is 0.290 e. The minimum absolute atomic E-state index is 0.0166. The molecule has 2 rings (SSSR count). The van der Waals surface area contributed by atoms with Crippen molar-refractivity contribution in [3.05, 3.63) is 63.3 Å². The molecule has 1 aromatic heterocycles. The Bertz CT molecular complexity index is 684. The van der Waals surface area contributed by atoms with Gasteiger partial charge in [0, 0.05) is 17.5 Å². The lowest BCUT2D eigenvalue weighted by molar-refractivity contribution is -0.0243. The number of nitrogens with zero attached hydrogens (tertiary/aromatic N) is 2. The third-order valence-corrected chi connectivity index (χ3v) is 3.27. The Balaban J connectivity index is 2.46. The van der Waals surface area contributed by atoms with E-state index in [9.17, 15) is 13.6 Å². The molecule has 0 radical (unpaired) electrons. The first kappa shape index (κ1) is 15.6. The van der Waals surface area contributed by atoms with Gasteiger partial charge < -0.3 is 0 Å². The summed E-state index contributed by atoms with van der Waals surface area (Å²) in [5.74, 6) is -3.10. The van der Waals surface area contributed by atoms with E-state index >= 15 is 0 Å². The van der Waals surface area contributed by atoms with Crippen molar-refractivity contribution in [2.75, 3.05) is 0 Å². The van der Waals surface area contributed by atoms with E-state index in [4.69, 9.17) is 11.6 Å². The third kappa shape index (κ3) is 3.47. The number of rotatable bonds is 4. The minimum atomic E-state index is -3.16. The van der Waals surface area contributed by atoms with Crippen LogP contribution in [0.15, 0.2) is 41.2 Å². The van der Waals surface area contributed by atoms with Crippen LogP contribution in [0.4, 0.5) is 8.78 Å². The summed E-state index contributed by atoms with van der Waals surface area (Å²) >= 11 is 5.74. The average Bonchev–Trinajstić information content (AvgIpc) is 2.42. The van der Waals surface area contributed by atoms with Crippen LogP contribution in [0.25, 0.3) is 0 Å². The second-order valence-corrected chi connectivity index (χ2v) is 5.47. The first-order valence-electron chi connectivity index (χ1n) is 6.52. The molecule has 0 aliphatic rings. The molecule has 0 unspecified atom stereocenters. The van der Waals surface area contributed by atoms with Crippen LogP contribution < -0.4 is 5.56 Å². The quantitative estimate of drug-likeness (QED) is 0.805. The molecule has 2 aromatic rings. The first-order chi connectivity index (χ1) is 9.81. The van der Waals surface area contributed by atoms with Crippen LogP contribution in [0.5, 0.6) is 0 Å². The predicted octanol–water partition coefficient (Wildman–Crippen LogP) is 3.81. The third-order valence-electron chi connectivity index (χ3n) is 3.08. The lowest BCUT2D eigenvalue weighted by atomic mass is 10.1. The van der Waals surface area contributed by atoms with Crippen molar-refractivity contribution in [2.24, 2.45) is 0 Å². The first-order valence-corrected chi connectivity index (χ1v) is 6.89. The van der Waals surface area contributed by atoms with Gasteiger partial charge in [-0.3, -0.25) is 9.36 Å². The van der Waals surface area contributed by atoms with E-state index in [2.05, 4.69) is 4.98 Å². The van der Waals surface area contributed by atoms with Crippen LogP contribution in [0.3, 0.4) is 0 Å². The molecular formula is C15H15ClF2N2O. The van der Waals surface area contributed by atoms with Gasteiger partial charge in [-0.1, -0.05) is 55.8 Å². The van der Waals surface area contributed by atoms with Crippen LogP contribution in [0.2, 0.25) is 5.15 Å². The molecule has 0 fully saturated rings. The Kier molecular flexibility index (Phi) is 4.42. The van der Waals surface area contributed by atoms with Crippen LogP contribution >= 0.6 is 11.6 Å². The van der Waals surface area contributed by atoms with E-state index in [-0.39, 0.29) is 22.5 Å². The maximum absolute atomic E-state index is 14.3. The van der Waals surface area contributed by atoms with Gasteiger partial charge >= 0.3 is 0 Å². The molecule has 0 aliphatic heterocycles. The molecule has 0 bridgehead atoms. The Morgan fingerprint density at radius 1 is 1.29 bits per heavy atom. The zero-order valence-corrected chi connectivity index (χ0v) is 12.4. The Morgan fingerprint density at radius 2 is 1.90 bits per heavy atom. The molecule has 1 heterocycles. The van der Waals surface area contributed by atoms with Gasteiger partial charge in [-0.25, -0.2) is 4.98 Å². The van der Waals surface area contributed by atoms with E-state index in [1.165, 1.54) is 24.3 Å². The standard InChI is InChI=1S/C15H15ClF2N2O/c1-10(2)14-19-12(16)8-13(21)20(14)9-15(17,18)11-6-4-3-5-7-11/h3-8,10H,9H2,1-2H3. The van der Waals surface area contributed by atoms with Gasteiger partial charge in [0.25, 0.3) is 11.5 Å². The van der Waals surface area contributed by atoms with Crippen LogP contribution in [0.1, 0.15) is 31.2 Å². The molecule has 0 amide bonds. The molecule has 6 heteroatoms. The molecule has 21 heavy (non-hydrogen) atoms. The molecule has 0 N–H and O–H groups in total. The highest BCUT2D eigenvalue weighted by Crippen LogP contribution is 2.30. The molecule has 0 atom stereocenters. The van der Waals surface area contributed by atoms with Crippen molar-refractivity contribution in [1.82, 2.24) is 9.55 Å². The topological polar surface area (TPSA) is 34.9 Å². The van der Waals surface area contributed by atoms with Crippen LogP contribution in [0, 0.1) is 0 Å². The van der Waals surface area contributed by atoms with Gasteiger partial charge in [-0.2, -0.15) is 8.78 Å². The summed E-state index contributed by atoms with van der Waals surface area (Å²) in [6.45, 7) is 2.79. The van der Waals surface area contributed by atoms with Crippen molar-refractivity contribution in [2.45, 2.75) is 32.2 Å². The molecule has 3 nitrogen and oxygen atoms in total. The predicted molar refractivity (Wildman–Crippen MR) is 77.9 cm³/mol. The molecule has 1 aromatic carbocycles. The molecule has 0 saturated heterocycles. The van der Waals surface area contributed by atoms with Crippen molar-refractivity contribution >= 4 is 11.6 Å². The Hall–Kier alpha value is -1.75. The van der Waals surface area contributed by atoms with E-state index in [1.54, 1.807) is 19.9 Å². The molecule has 112 valence electrons. The summed E-state index contributed by atoms with van der Waals surface area (Å²) in [4.78, 5) is 16.0. The summed E-state index contributed by atoms with van der Waals surface area (Å²) in [6.07, 6.45) is 0. The van der Waals surface area contributed by atoms with E-state index < -0.39 is 18.0 Å². The second-order valence-electron chi connectivity index (χ2n) is 5.09. The molecular weight excluding hydrogens is 298 g/mol. The van der Waals surface area contributed by atoms with Crippen molar-refractivity contribution in [3.63, 3.8) is 0 Å². The summed E-state index contributed by atoms with van der Waals surface area (Å²) in [7, 11) is 0. The van der Waals surface area contributed by atoms with Crippen molar-refractivity contribution in [1.29, 1.82) is 0 Å². The van der Waals surface area contributed by atoms with Gasteiger partial charge in [-0.05, 0) is 0 Å². The highest BCUT2D eigenvalue weighted by atomic mass is 35.5. The Morgan fingerprint density at radius 3 is 2.48 bits per heavy atom. The second kappa shape index (κ2) is 5.93. The van der Waals surface area contributed by atoms with E-state index in [1.807, 2.05) is 0 Å². The van der Waals surface area contributed by atoms with Gasteiger partial charge in [0.2, 0.25) is 0 Å². The summed E-state index contributed by atoms with van der Waals surface area (Å²) in [5, 5.41) is 0.0166. The SMILES string of the molecule is CC(C)c1nc(Cl)cc(=O)n1CC(F)(F)c1ccccc1. The fourth-order valence-electron chi connectivity index (χ4n) is 2.07. The van der Waals surface area contributed by atoms with Crippen LogP contribution in [-0.4, -0.2) is 9.55 Å². The highest BCUT2D eigenvalue weighted by molar-refractivity contribution is 6.29. The molecule has 0 aliphatic carbocycles. The maximum atomic E-state index is 14.3. The monoisotopic (exact) mass is 312 g/mol. The lowest BCUT2D eigenvalue weighted by Gasteiger charge is -2.21. The minimum Gasteiger partial charge on any atom is -0.290 e. The molecule has 0 saturated carbocycles.